The van der Waals surface area contributed by atoms with Gasteiger partial charge in [0, 0.05) is 10.4 Å². The van der Waals surface area contributed by atoms with E-state index in [1.807, 2.05) is 0 Å². The molecular weight excluding hydrogens is 248 g/mol. The zero-order valence-electron chi connectivity index (χ0n) is 9.02. The Labute approximate surface area is 99.5 Å². The fourth-order valence-electron chi connectivity index (χ4n) is 2.96. The normalized spacial score (nSPS) is 22.7. The number of benzene rings is 1. The van der Waals surface area contributed by atoms with Crippen LogP contribution in [0.1, 0.15) is 47.9 Å². The maximum atomic E-state index is 3.72. The van der Waals surface area contributed by atoms with E-state index in [0.717, 1.165) is 0 Å². The first kappa shape index (κ1) is 9.65. The van der Waals surface area contributed by atoms with Gasteiger partial charge in [-0.3, -0.25) is 0 Å². The molecule has 2 aliphatic carbocycles. The van der Waals surface area contributed by atoms with Crippen LogP contribution in [0, 0.1) is 0 Å². The van der Waals surface area contributed by atoms with Crippen LogP contribution in [0.3, 0.4) is 0 Å². The molecule has 15 heavy (non-hydrogen) atoms. The first-order chi connectivity index (χ1) is 7.27. The lowest BCUT2D eigenvalue weighted by atomic mass is 9.84. The number of rotatable bonds is 0. The highest BCUT2D eigenvalue weighted by atomic mass is 79.9. The second kappa shape index (κ2) is 3.48. The summed E-state index contributed by atoms with van der Waals surface area (Å²) in [5.74, 6) is 0.625. The fraction of sp³-hybridized carbons (Fsp3) is 0.429. The maximum Gasteiger partial charge on any atom is 0.0216 e. The van der Waals surface area contributed by atoms with E-state index >= 15 is 0 Å². The summed E-state index contributed by atoms with van der Waals surface area (Å²) >= 11 is 3.72. The predicted molar refractivity (Wildman–Crippen MR) is 68.2 cm³/mol. The second-order valence-electron chi connectivity index (χ2n) is 4.67. The van der Waals surface area contributed by atoms with E-state index in [1.54, 1.807) is 16.7 Å². The molecule has 1 unspecified atom stereocenters. The van der Waals surface area contributed by atoms with Crippen molar-refractivity contribution >= 4 is 22.0 Å². The van der Waals surface area contributed by atoms with Crippen LogP contribution >= 0.6 is 15.9 Å². The number of hydrogen-bond donors (Lipinski definition) is 0. The molecule has 0 amide bonds. The van der Waals surface area contributed by atoms with Crippen LogP contribution < -0.4 is 0 Å². The standard InChI is InChI=1S/C14H15Br/c1-9-6-7-10-8-13(15)11-4-2-3-5-12(11)14(9)10/h6-9H,2-5H2,1H3. The Bertz CT molecular complexity index is 443. The van der Waals surface area contributed by atoms with Crippen molar-refractivity contribution in [3.05, 3.63) is 38.9 Å². The zero-order valence-corrected chi connectivity index (χ0v) is 10.6. The summed E-state index contributed by atoms with van der Waals surface area (Å²) in [4.78, 5) is 0. The van der Waals surface area contributed by atoms with Gasteiger partial charge in [0.05, 0.1) is 0 Å². The van der Waals surface area contributed by atoms with Gasteiger partial charge in [-0.05, 0) is 54.0 Å². The third-order valence-electron chi connectivity index (χ3n) is 3.69. The highest BCUT2D eigenvalue weighted by Crippen LogP contribution is 2.40. The van der Waals surface area contributed by atoms with Gasteiger partial charge >= 0.3 is 0 Å². The van der Waals surface area contributed by atoms with Crippen molar-refractivity contribution < 1.29 is 0 Å². The molecule has 1 aromatic rings. The van der Waals surface area contributed by atoms with Crippen molar-refractivity contribution in [3.63, 3.8) is 0 Å². The Kier molecular flexibility index (Phi) is 2.24. The van der Waals surface area contributed by atoms with Crippen molar-refractivity contribution in [2.45, 2.75) is 38.5 Å². The largest absolute Gasteiger partial charge is 0.0766 e. The lowest BCUT2D eigenvalue weighted by Gasteiger charge is -2.22. The third-order valence-corrected chi connectivity index (χ3v) is 4.40. The molecule has 0 saturated carbocycles. The van der Waals surface area contributed by atoms with Gasteiger partial charge in [0.15, 0.2) is 0 Å². The molecule has 1 atom stereocenters. The summed E-state index contributed by atoms with van der Waals surface area (Å²) in [6, 6.07) is 2.31. The first-order valence-electron chi connectivity index (χ1n) is 5.79. The molecule has 1 aromatic carbocycles. The topological polar surface area (TPSA) is 0 Å². The SMILES string of the molecule is CC1C=Cc2cc(Br)c3c(c21)CCCC3. The molecule has 0 aromatic heterocycles. The van der Waals surface area contributed by atoms with Crippen LogP contribution in [-0.2, 0) is 12.8 Å². The van der Waals surface area contributed by atoms with Gasteiger partial charge < -0.3 is 0 Å². The van der Waals surface area contributed by atoms with E-state index in [-0.39, 0.29) is 0 Å². The fourth-order valence-corrected chi connectivity index (χ4v) is 3.65. The monoisotopic (exact) mass is 262 g/mol. The highest BCUT2D eigenvalue weighted by Gasteiger charge is 2.23. The Morgan fingerprint density at radius 1 is 1.20 bits per heavy atom. The summed E-state index contributed by atoms with van der Waals surface area (Å²) in [6.45, 7) is 2.31. The Morgan fingerprint density at radius 3 is 2.73 bits per heavy atom. The predicted octanol–water partition coefficient (Wildman–Crippen LogP) is 4.46. The Balaban J connectivity index is 2.26. The molecule has 0 saturated heterocycles. The van der Waals surface area contributed by atoms with Gasteiger partial charge in [0.1, 0.15) is 0 Å². The minimum atomic E-state index is 0.625. The average molecular weight is 263 g/mol. The molecule has 0 nitrogen and oxygen atoms in total. The number of fused-ring (bicyclic) bond motifs is 3. The molecule has 0 bridgehead atoms. The van der Waals surface area contributed by atoms with Crippen LogP contribution in [0.15, 0.2) is 16.6 Å². The second-order valence-corrected chi connectivity index (χ2v) is 5.53. The van der Waals surface area contributed by atoms with Crippen LogP contribution in [0.5, 0.6) is 0 Å². The van der Waals surface area contributed by atoms with Crippen LogP contribution in [0.4, 0.5) is 0 Å². The van der Waals surface area contributed by atoms with Crippen molar-refractivity contribution in [2.24, 2.45) is 0 Å². The van der Waals surface area contributed by atoms with Crippen molar-refractivity contribution in [3.8, 4) is 0 Å². The molecule has 2 aliphatic rings. The Hall–Kier alpha value is -0.560. The lowest BCUT2D eigenvalue weighted by Crippen LogP contribution is -2.08. The summed E-state index contributed by atoms with van der Waals surface area (Å²) in [5.41, 5.74) is 6.27. The van der Waals surface area contributed by atoms with Crippen molar-refractivity contribution in [2.75, 3.05) is 0 Å². The van der Waals surface area contributed by atoms with Crippen LogP contribution in [0.2, 0.25) is 0 Å². The highest BCUT2D eigenvalue weighted by molar-refractivity contribution is 9.10. The summed E-state index contributed by atoms with van der Waals surface area (Å²) in [7, 11) is 0. The quantitative estimate of drug-likeness (QED) is 0.648. The van der Waals surface area contributed by atoms with Gasteiger partial charge in [-0.2, -0.15) is 0 Å². The molecule has 78 valence electrons. The molecule has 0 fully saturated rings. The van der Waals surface area contributed by atoms with Gasteiger partial charge in [0.2, 0.25) is 0 Å². The molecular formula is C14H15Br. The molecule has 0 heterocycles. The maximum absolute atomic E-state index is 3.72. The van der Waals surface area contributed by atoms with Crippen LogP contribution in [0.25, 0.3) is 6.08 Å². The number of halogens is 1. The molecule has 0 aliphatic heterocycles. The minimum absolute atomic E-state index is 0.625. The number of hydrogen-bond acceptors (Lipinski definition) is 0. The first-order valence-corrected chi connectivity index (χ1v) is 6.59. The van der Waals surface area contributed by atoms with E-state index in [9.17, 15) is 0 Å². The summed E-state index contributed by atoms with van der Waals surface area (Å²) < 4.78 is 1.33. The zero-order chi connectivity index (χ0) is 10.4. The molecule has 1 heteroatoms. The van der Waals surface area contributed by atoms with E-state index in [1.165, 1.54) is 35.7 Å². The lowest BCUT2D eigenvalue weighted by molar-refractivity contribution is 0.673. The summed E-state index contributed by atoms with van der Waals surface area (Å²) in [5, 5.41) is 0. The number of allylic oxidation sites excluding steroid dienone is 1. The minimum Gasteiger partial charge on any atom is -0.0766 e. The molecule has 3 rings (SSSR count). The van der Waals surface area contributed by atoms with Gasteiger partial charge in [-0.1, -0.05) is 35.0 Å². The average Bonchev–Trinajstić information content (AvgIpc) is 2.61. The van der Waals surface area contributed by atoms with Crippen LogP contribution in [-0.4, -0.2) is 0 Å². The summed E-state index contributed by atoms with van der Waals surface area (Å²) in [6.07, 6.45) is 9.86. The van der Waals surface area contributed by atoms with E-state index < -0.39 is 0 Å². The van der Waals surface area contributed by atoms with Gasteiger partial charge in [0.25, 0.3) is 0 Å². The van der Waals surface area contributed by atoms with Crippen molar-refractivity contribution in [1.82, 2.24) is 0 Å². The van der Waals surface area contributed by atoms with E-state index in [2.05, 4.69) is 41.1 Å². The van der Waals surface area contributed by atoms with Gasteiger partial charge in [-0.15, -0.1) is 0 Å². The van der Waals surface area contributed by atoms with E-state index in [0.29, 0.717) is 5.92 Å². The van der Waals surface area contributed by atoms with E-state index in [4.69, 9.17) is 0 Å². The smallest absolute Gasteiger partial charge is 0.0216 e. The molecule has 0 spiro atoms. The van der Waals surface area contributed by atoms with Gasteiger partial charge in [-0.25, -0.2) is 0 Å². The van der Waals surface area contributed by atoms with Crippen molar-refractivity contribution in [1.29, 1.82) is 0 Å². The Morgan fingerprint density at radius 2 is 1.93 bits per heavy atom. The molecule has 0 N–H and O–H groups in total. The third kappa shape index (κ3) is 1.40. The molecule has 0 radical (unpaired) electrons.